The van der Waals surface area contributed by atoms with Crippen LogP contribution in [0.15, 0.2) is 30.3 Å². The van der Waals surface area contributed by atoms with E-state index in [0.29, 0.717) is 12.0 Å². The summed E-state index contributed by atoms with van der Waals surface area (Å²) >= 11 is 1.00. The molecule has 4 atom stereocenters. The van der Waals surface area contributed by atoms with Crippen LogP contribution < -0.4 is 11.1 Å². The Morgan fingerprint density at radius 3 is 2.33 bits per heavy atom. The maximum absolute atomic E-state index is 12.5. The Morgan fingerprint density at radius 2 is 1.85 bits per heavy atom. The van der Waals surface area contributed by atoms with Gasteiger partial charge in [-0.15, -0.1) is 11.8 Å². The summed E-state index contributed by atoms with van der Waals surface area (Å²) in [5.41, 5.74) is 6.39. The van der Waals surface area contributed by atoms with E-state index >= 15 is 0 Å². The monoisotopic (exact) mass is 395 g/mol. The number of rotatable bonds is 7. The minimum atomic E-state index is -1.52. The highest BCUT2D eigenvalue weighted by molar-refractivity contribution is 8.01. The number of carboxylic acids is 2. The number of nitrogens with one attached hydrogen (secondary N) is 1. The molecule has 0 spiro atoms. The third-order valence-electron chi connectivity index (χ3n) is 4.32. The smallest absolute Gasteiger partial charge is 0.329 e. The number of hydrogen-bond acceptors (Lipinski definition) is 6. The Kier molecular flexibility index (Phi) is 6.11. The van der Waals surface area contributed by atoms with E-state index in [4.69, 9.17) is 5.73 Å². The fourth-order valence-electron chi connectivity index (χ4n) is 3.04. The molecule has 5 N–H and O–H groups in total. The first-order valence-electron chi connectivity index (χ1n) is 8.07. The van der Waals surface area contributed by atoms with Gasteiger partial charge in [-0.1, -0.05) is 30.3 Å². The third kappa shape index (κ3) is 4.22. The minimum Gasteiger partial charge on any atom is -0.480 e. The number of carbonyl (C=O) groups is 4. The molecule has 0 aromatic heterocycles. The average molecular weight is 395 g/mol. The summed E-state index contributed by atoms with van der Waals surface area (Å²) in [4.78, 5) is 48.2. The molecule has 1 aliphatic heterocycles. The molecule has 2 rings (SSSR count). The van der Waals surface area contributed by atoms with Crippen LogP contribution in [0.3, 0.4) is 0 Å². The van der Waals surface area contributed by atoms with Gasteiger partial charge in [-0.05, 0) is 19.4 Å². The molecule has 0 bridgehead atoms. The van der Waals surface area contributed by atoms with Crippen molar-refractivity contribution < 1.29 is 29.4 Å². The molecule has 146 valence electrons. The molecule has 1 aromatic rings. The largest absolute Gasteiger partial charge is 0.480 e. The van der Waals surface area contributed by atoms with Gasteiger partial charge in [-0.2, -0.15) is 0 Å². The third-order valence-corrected chi connectivity index (χ3v) is 5.91. The molecule has 1 saturated heterocycles. The average Bonchev–Trinajstić information content (AvgIpc) is 2.89. The van der Waals surface area contributed by atoms with Gasteiger partial charge in [0.2, 0.25) is 12.3 Å². The summed E-state index contributed by atoms with van der Waals surface area (Å²) in [7, 11) is 0. The molecule has 9 nitrogen and oxygen atoms in total. The lowest BCUT2D eigenvalue weighted by Gasteiger charge is -2.29. The van der Waals surface area contributed by atoms with Crippen molar-refractivity contribution in [3.05, 3.63) is 35.9 Å². The topological polar surface area (TPSA) is 150 Å². The summed E-state index contributed by atoms with van der Waals surface area (Å²) in [6, 6.07) is 4.54. The molecule has 1 aliphatic rings. The van der Waals surface area contributed by atoms with Crippen molar-refractivity contribution in [3.8, 4) is 0 Å². The molecular weight excluding hydrogens is 374 g/mol. The van der Waals surface area contributed by atoms with Crippen molar-refractivity contribution in [2.75, 3.05) is 0 Å². The van der Waals surface area contributed by atoms with E-state index in [0.717, 1.165) is 16.7 Å². The summed E-state index contributed by atoms with van der Waals surface area (Å²) in [5, 5.41) is 20.3. The van der Waals surface area contributed by atoms with Crippen molar-refractivity contribution in [1.29, 1.82) is 0 Å². The second-order valence-corrected chi connectivity index (χ2v) is 8.39. The summed E-state index contributed by atoms with van der Waals surface area (Å²) < 4.78 is -0.947. The number of amides is 2. The Bertz CT molecular complexity index is 741. The van der Waals surface area contributed by atoms with Gasteiger partial charge in [0.15, 0.2) is 6.04 Å². The van der Waals surface area contributed by atoms with Gasteiger partial charge in [-0.25, -0.2) is 9.59 Å². The van der Waals surface area contributed by atoms with Crippen molar-refractivity contribution in [1.82, 2.24) is 10.2 Å². The maximum Gasteiger partial charge on any atom is 0.329 e. The van der Waals surface area contributed by atoms with Crippen LogP contribution in [-0.4, -0.2) is 61.6 Å². The molecule has 1 heterocycles. The SMILES string of the molecule is CC1(C)SC(C(NC(=O)C(N)c2ccccc2)C(=O)O)N(C=O)C1C(=O)O. The van der Waals surface area contributed by atoms with Crippen molar-refractivity contribution in [2.45, 2.75) is 42.1 Å². The van der Waals surface area contributed by atoms with Crippen LogP contribution in [0.4, 0.5) is 0 Å². The zero-order valence-electron chi connectivity index (χ0n) is 14.7. The van der Waals surface area contributed by atoms with Crippen LogP contribution in [0.2, 0.25) is 0 Å². The molecule has 1 fully saturated rings. The van der Waals surface area contributed by atoms with Gasteiger partial charge in [0.05, 0.1) is 0 Å². The zero-order chi connectivity index (χ0) is 20.4. The number of benzene rings is 1. The summed E-state index contributed by atoms with van der Waals surface area (Å²) in [5.74, 6) is -3.38. The quantitative estimate of drug-likeness (QED) is 0.472. The summed E-state index contributed by atoms with van der Waals surface area (Å²) in [6.07, 6.45) is 0.296. The number of nitrogens with zero attached hydrogens (tertiary/aromatic N) is 1. The molecule has 27 heavy (non-hydrogen) atoms. The van der Waals surface area contributed by atoms with Crippen molar-refractivity contribution in [2.24, 2.45) is 5.73 Å². The van der Waals surface area contributed by atoms with Crippen LogP contribution in [0, 0.1) is 0 Å². The van der Waals surface area contributed by atoms with Gasteiger partial charge in [-0.3, -0.25) is 9.59 Å². The first-order valence-corrected chi connectivity index (χ1v) is 8.95. The molecule has 10 heteroatoms. The molecule has 0 saturated carbocycles. The van der Waals surface area contributed by atoms with E-state index in [9.17, 15) is 29.4 Å². The lowest BCUT2D eigenvalue weighted by atomic mass is 10.0. The van der Waals surface area contributed by atoms with Crippen LogP contribution in [0.5, 0.6) is 0 Å². The predicted octanol–water partition coefficient (Wildman–Crippen LogP) is 0.0189. The molecule has 4 unspecified atom stereocenters. The van der Waals surface area contributed by atoms with Crippen LogP contribution in [0.1, 0.15) is 25.5 Å². The summed E-state index contributed by atoms with van der Waals surface area (Å²) in [6.45, 7) is 3.20. The van der Waals surface area contributed by atoms with Crippen molar-refractivity contribution >= 4 is 36.0 Å². The van der Waals surface area contributed by atoms with E-state index in [1.807, 2.05) is 0 Å². The molecular formula is C17H21N3O6S. The van der Waals surface area contributed by atoms with Crippen LogP contribution >= 0.6 is 11.8 Å². The Labute approximate surface area is 159 Å². The van der Waals surface area contributed by atoms with Gasteiger partial charge in [0, 0.05) is 4.75 Å². The van der Waals surface area contributed by atoms with Gasteiger partial charge in [0.1, 0.15) is 17.5 Å². The first-order chi connectivity index (χ1) is 12.6. The molecule has 2 amide bonds. The van der Waals surface area contributed by atoms with Crippen LogP contribution in [0.25, 0.3) is 0 Å². The number of nitrogens with two attached hydrogens (primary N) is 1. The minimum absolute atomic E-state index is 0.296. The maximum atomic E-state index is 12.5. The number of aliphatic carboxylic acids is 2. The van der Waals surface area contributed by atoms with E-state index in [1.54, 1.807) is 44.2 Å². The number of thioether (sulfide) groups is 1. The Hall–Kier alpha value is -2.59. The normalized spacial score (nSPS) is 23.3. The van der Waals surface area contributed by atoms with Gasteiger partial charge >= 0.3 is 11.9 Å². The highest BCUT2D eigenvalue weighted by Crippen LogP contribution is 2.45. The number of carboxylic acid groups (broad SMARTS) is 2. The molecule has 1 aromatic carbocycles. The lowest BCUT2D eigenvalue weighted by molar-refractivity contribution is -0.150. The first kappa shape index (κ1) is 20.7. The van der Waals surface area contributed by atoms with Gasteiger partial charge < -0.3 is 26.2 Å². The second kappa shape index (κ2) is 7.97. The van der Waals surface area contributed by atoms with Crippen molar-refractivity contribution in [3.63, 3.8) is 0 Å². The molecule has 0 radical (unpaired) electrons. The fourth-order valence-corrected chi connectivity index (χ4v) is 4.63. The lowest BCUT2D eigenvalue weighted by Crippen LogP contribution is -2.56. The highest BCUT2D eigenvalue weighted by Gasteiger charge is 2.54. The van der Waals surface area contributed by atoms with E-state index in [-0.39, 0.29) is 0 Å². The second-order valence-electron chi connectivity index (χ2n) is 6.62. The van der Waals surface area contributed by atoms with E-state index in [1.165, 1.54) is 0 Å². The predicted molar refractivity (Wildman–Crippen MR) is 97.7 cm³/mol. The zero-order valence-corrected chi connectivity index (χ0v) is 15.6. The van der Waals surface area contributed by atoms with Gasteiger partial charge in [0.25, 0.3) is 0 Å². The number of carbonyl (C=O) groups excluding carboxylic acids is 2. The standard InChI is InChI=1S/C17H21N3O6S/c1-17(2)12(16(25)26)20(8-21)14(27-17)11(15(23)24)19-13(22)10(18)9-6-4-3-5-7-9/h3-8,10-12,14H,18H2,1-2H3,(H,19,22)(H,23,24)(H,25,26). The molecule has 0 aliphatic carbocycles. The highest BCUT2D eigenvalue weighted by atomic mass is 32.2. The fraction of sp³-hybridized carbons (Fsp3) is 0.412. The Balaban J connectivity index is 2.27. The van der Waals surface area contributed by atoms with E-state index in [2.05, 4.69) is 5.32 Å². The number of hydrogen-bond donors (Lipinski definition) is 4. The van der Waals surface area contributed by atoms with E-state index < -0.39 is 46.1 Å². The van der Waals surface area contributed by atoms with Crippen LogP contribution in [-0.2, 0) is 19.2 Å². The Morgan fingerprint density at radius 1 is 1.26 bits per heavy atom.